The summed E-state index contributed by atoms with van der Waals surface area (Å²) in [7, 11) is 2.86. The molecule has 0 heterocycles. The van der Waals surface area contributed by atoms with Crippen LogP contribution in [0, 0.1) is 0 Å². The molecule has 0 bridgehead atoms. The Hall–Kier alpha value is -1.38. The minimum Gasteiger partial charge on any atom is -0.480 e. The number of hydrogen-bond acceptors (Lipinski definition) is 10. The van der Waals surface area contributed by atoms with Crippen molar-refractivity contribution in [2.24, 2.45) is 0 Å². The average Bonchev–Trinajstić information content (AvgIpc) is 2.53. The maximum atomic E-state index is 11.3. The fourth-order valence-corrected chi connectivity index (χ4v) is 2.32. The first kappa shape index (κ1) is 24.6. The Morgan fingerprint density at radius 3 is 1.65 bits per heavy atom. The van der Waals surface area contributed by atoms with Crippen LogP contribution in [0.2, 0.25) is 0 Å². The highest BCUT2D eigenvalue weighted by Gasteiger charge is 2.31. The Balaban J connectivity index is 4.82. The molecule has 0 saturated heterocycles. The van der Waals surface area contributed by atoms with E-state index in [1.54, 1.807) is 0 Å². The molecule has 0 rings (SSSR count). The lowest BCUT2D eigenvalue weighted by atomic mass is 10.1. The first-order valence-electron chi connectivity index (χ1n) is 7.82. The highest BCUT2D eigenvalue weighted by molar-refractivity contribution is 5.76. The van der Waals surface area contributed by atoms with Crippen molar-refractivity contribution in [3.05, 3.63) is 0 Å². The van der Waals surface area contributed by atoms with Gasteiger partial charge in [-0.05, 0) is 20.5 Å². The molecule has 0 amide bonds. The minimum atomic E-state index is -2.05. The van der Waals surface area contributed by atoms with Crippen LogP contribution in [0.5, 0.6) is 0 Å². The number of rotatable bonds is 13. The minimum absolute atomic E-state index is 0.0563. The topological polar surface area (TPSA) is 202 Å². The molecule has 0 spiro atoms. The number of carboxylic acids is 2. The van der Waals surface area contributed by atoms with E-state index in [1.807, 2.05) is 0 Å². The third-order valence-corrected chi connectivity index (χ3v) is 4.09. The number of aliphatic carboxylic acids is 2. The summed E-state index contributed by atoms with van der Waals surface area (Å²) in [6.07, 6.45) is -8.31. The Bertz CT molecular complexity index is 447. The van der Waals surface area contributed by atoms with Crippen molar-refractivity contribution >= 4 is 11.9 Å². The molecule has 0 radical (unpaired) electrons. The van der Waals surface area contributed by atoms with E-state index in [0.29, 0.717) is 0 Å². The zero-order valence-corrected chi connectivity index (χ0v) is 14.6. The van der Waals surface area contributed by atoms with Crippen LogP contribution in [0.3, 0.4) is 0 Å². The smallest absolute Gasteiger partial charge is 0.332 e. The van der Waals surface area contributed by atoms with Gasteiger partial charge in [0, 0.05) is 19.5 Å². The van der Waals surface area contributed by atoms with Crippen molar-refractivity contribution in [2.75, 3.05) is 27.2 Å². The third-order valence-electron chi connectivity index (χ3n) is 4.09. The predicted octanol–water partition coefficient (Wildman–Crippen LogP) is -4.12. The van der Waals surface area contributed by atoms with E-state index in [9.17, 15) is 35.1 Å². The van der Waals surface area contributed by atoms with E-state index in [1.165, 1.54) is 23.9 Å². The number of aliphatic hydroxyl groups is 6. The fraction of sp³-hybridized carbons (Fsp3) is 0.857. The second kappa shape index (κ2) is 11.4. The summed E-state index contributed by atoms with van der Waals surface area (Å²) in [6, 6.07) is -2.34. The van der Waals surface area contributed by atoms with Gasteiger partial charge in [-0.1, -0.05) is 0 Å². The number of hydrogen-bond donors (Lipinski definition) is 8. The van der Waals surface area contributed by atoms with Crippen LogP contribution in [0.15, 0.2) is 0 Å². The first-order chi connectivity index (χ1) is 11.9. The quantitative estimate of drug-likeness (QED) is 0.143. The van der Waals surface area contributed by atoms with Crippen molar-refractivity contribution in [3.8, 4) is 0 Å². The molecule has 26 heavy (non-hydrogen) atoms. The van der Waals surface area contributed by atoms with Crippen LogP contribution >= 0.6 is 0 Å². The fourth-order valence-electron chi connectivity index (χ4n) is 2.32. The predicted molar refractivity (Wildman–Crippen MR) is 85.8 cm³/mol. The molecule has 0 aromatic heterocycles. The summed E-state index contributed by atoms with van der Waals surface area (Å²) in [4.78, 5) is 24.6. The van der Waals surface area contributed by atoms with Crippen LogP contribution in [0.4, 0.5) is 0 Å². The standard InChI is InChI=1S/C14H28N2O10/c1-15(7(11(19)20)5-9(17)13(23)24)3-4-16(2)8(12(21)22)6-10(18)14(25)26/h7-11,13,17-20,23-24H,3-6H2,1-2H3,(H,21,22)(H,25,26). The molecule has 0 aromatic rings. The van der Waals surface area contributed by atoms with Crippen molar-refractivity contribution < 1.29 is 50.4 Å². The second-order valence-corrected chi connectivity index (χ2v) is 6.10. The maximum absolute atomic E-state index is 11.3. The summed E-state index contributed by atoms with van der Waals surface area (Å²) in [5, 5.41) is 73.2. The summed E-state index contributed by atoms with van der Waals surface area (Å²) < 4.78 is 0. The lowest BCUT2D eigenvalue weighted by Gasteiger charge is -2.33. The summed E-state index contributed by atoms with van der Waals surface area (Å²) >= 11 is 0. The lowest BCUT2D eigenvalue weighted by molar-refractivity contribution is -0.154. The van der Waals surface area contributed by atoms with Crippen molar-refractivity contribution in [1.29, 1.82) is 0 Å². The van der Waals surface area contributed by atoms with Gasteiger partial charge in [-0.15, -0.1) is 0 Å². The Morgan fingerprint density at radius 1 is 0.769 bits per heavy atom. The Morgan fingerprint density at radius 2 is 1.27 bits per heavy atom. The molecule has 0 fully saturated rings. The lowest BCUT2D eigenvalue weighted by Crippen LogP contribution is -2.49. The van der Waals surface area contributed by atoms with Gasteiger partial charge in [0.15, 0.2) is 18.7 Å². The molecule has 154 valence electrons. The molecule has 12 heteroatoms. The normalized spacial score (nSPS) is 16.9. The number of carbonyl (C=O) groups is 2. The largest absolute Gasteiger partial charge is 0.480 e. The first-order valence-corrected chi connectivity index (χ1v) is 7.82. The van der Waals surface area contributed by atoms with Crippen LogP contribution < -0.4 is 0 Å². The van der Waals surface area contributed by atoms with Crippen LogP contribution in [-0.2, 0) is 9.59 Å². The molecule has 4 atom stereocenters. The van der Waals surface area contributed by atoms with Gasteiger partial charge >= 0.3 is 11.9 Å². The molecule has 12 nitrogen and oxygen atoms in total. The van der Waals surface area contributed by atoms with Gasteiger partial charge in [0.1, 0.15) is 12.1 Å². The van der Waals surface area contributed by atoms with Gasteiger partial charge < -0.3 is 40.9 Å². The molecule has 0 aliphatic rings. The molecule has 8 N–H and O–H groups in total. The van der Waals surface area contributed by atoms with E-state index in [2.05, 4.69) is 0 Å². The summed E-state index contributed by atoms with van der Waals surface area (Å²) in [6.45, 7) is 0.140. The number of nitrogens with zero attached hydrogens (tertiary/aromatic N) is 2. The zero-order chi connectivity index (χ0) is 20.6. The van der Waals surface area contributed by atoms with Gasteiger partial charge in [0.05, 0.1) is 6.04 Å². The van der Waals surface area contributed by atoms with E-state index >= 15 is 0 Å². The van der Waals surface area contributed by atoms with Gasteiger partial charge in [-0.2, -0.15) is 0 Å². The number of likely N-dealkylation sites (N-methyl/N-ethyl adjacent to an activating group) is 2. The van der Waals surface area contributed by atoms with Gasteiger partial charge in [0.25, 0.3) is 0 Å². The molecule has 0 aliphatic carbocycles. The van der Waals surface area contributed by atoms with Gasteiger partial charge in [-0.25, -0.2) is 4.79 Å². The average molecular weight is 384 g/mol. The van der Waals surface area contributed by atoms with Crippen molar-refractivity contribution in [1.82, 2.24) is 9.80 Å². The van der Waals surface area contributed by atoms with Crippen molar-refractivity contribution in [3.63, 3.8) is 0 Å². The highest BCUT2D eigenvalue weighted by atomic mass is 16.5. The molecule has 4 unspecified atom stereocenters. The maximum Gasteiger partial charge on any atom is 0.332 e. The van der Waals surface area contributed by atoms with Crippen LogP contribution in [-0.4, -0.2) is 127 Å². The van der Waals surface area contributed by atoms with E-state index in [0.717, 1.165) is 0 Å². The molecule has 0 aliphatic heterocycles. The van der Waals surface area contributed by atoms with Gasteiger partial charge in [-0.3, -0.25) is 14.6 Å². The molecular weight excluding hydrogens is 356 g/mol. The highest BCUT2D eigenvalue weighted by Crippen LogP contribution is 2.12. The van der Waals surface area contributed by atoms with Crippen molar-refractivity contribution in [2.45, 2.75) is 49.7 Å². The number of aliphatic hydroxyl groups excluding tert-OH is 4. The molecule has 0 aromatic carbocycles. The number of carboxylic acid groups (broad SMARTS) is 2. The summed E-state index contributed by atoms with van der Waals surface area (Å²) in [5.74, 6) is -2.87. The Labute approximate surface area is 150 Å². The van der Waals surface area contributed by atoms with Gasteiger partial charge in [0.2, 0.25) is 0 Å². The molecular formula is C14H28N2O10. The van der Waals surface area contributed by atoms with E-state index in [-0.39, 0.29) is 19.5 Å². The zero-order valence-electron chi connectivity index (χ0n) is 14.6. The van der Waals surface area contributed by atoms with E-state index < -0.39 is 55.2 Å². The SMILES string of the molecule is CN(CCN(C)C(CC(O)C(O)O)C(O)O)C(CC(O)C(=O)O)C(=O)O. The second-order valence-electron chi connectivity index (χ2n) is 6.10. The van der Waals surface area contributed by atoms with E-state index in [4.69, 9.17) is 15.3 Å². The van der Waals surface area contributed by atoms with Crippen LogP contribution in [0.25, 0.3) is 0 Å². The van der Waals surface area contributed by atoms with Crippen LogP contribution in [0.1, 0.15) is 12.8 Å². The third kappa shape index (κ3) is 8.33. The summed E-state index contributed by atoms with van der Waals surface area (Å²) in [5.41, 5.74) is 0. The monoisotopic (exact) mass is 384 g/mol. The molecule has 0 saturated carbocycles. The Kier molecular flexibility index (Phi) is 10.8.